The lowest BCUT2D eigenvalue weighted by Gasteiger charge is -2.12. The highest BCUT2D eigenvalue weighted by atomic mass is 16.5. The number of unbranched alkanes of at least 4 members (excludes halogenated alkanes) is 1. The number of benzene rings is 2. The van der Waals surface area contributed by atoms with Crippen molar-refractivity contribution in [1.29, 1.82) is 0 Å². The molecule has 0 heterocycles. The number of hydrogen-bond donors (Lipinski definition) is 1. The van der Waals surface area contributed by atoms with Crippen molar-refractivity contribution in [3.8, 4) is 11.5 Å². The highest BCUT2D eigenvalue weighted by Crippen LogP contribution is 2.16. The van der Waals surface area contributed by atoms with Gasteiger partial charge in [0, 0.05) is 5.56 Å². The van der Waals surface area contributed by atoms with E-state index >= 15 is 0 Å². The Labute approximate surface area is 148 Å². The molecular formula is C20H24N2O3. The fraction of sp³-hybridized carbons (Fsp3) is 0.300. The Balaban J connectivity index is 1.88. The minimum absolute atomic E-state index is 0.315. The summed E-state index contributed by atoms with van der Waals surface area (Å²) >= 11 is 0. The van der Waals surface area contributed by atoms with Crippen molar-refractivity contribution in [3.05, 3.63) is 60.2 Å². The van der Waals surface area contributed by atoms with Crippen LogP contribution in [0.3, 0.4) is 0 Å². The summed E-state index contributed by atoms with van der Waals surface area (Å²) in [5, 5.41) is 4.01. The molecule has 0 spiro atoms. The number of nitrogens with one attached hydrogen (secondary N) is 1. The van der Waals surface area contributed by atoms with Crippen LogP contribution in [0.4, 0.5) is 0 Å². The van der Waals surface area contributed by atoms with Gasteiger partial charge in [0.05, 0.1) is 12.8 Å². The van der Waals surface area contributed by atoms with Gasteiger partial charge >= 0.3 is 0 Å². The third-order valence-corrected chi connectivity index (χ3v) is 3.48. The number of hydrazone groups is 1. The molecule has 1 unspecified atom stereocenters. The highest BCUT2D eigenvalue weighted by molar-refractivity contribution is 5.86. The van der Waals surface area contributed by atoms with Gasteiger partial charge in [-0.25, -0.2) is 5.43 Å². The fourth-order valence-electron chi connectivity index (χ4n) is 2.06. The standard InChI is InChI=1S/C20H24N2O3/c1-3-4-14-24-19-13-9-8-10-17(19)15-21-22-20(23)16(2)25-18-11-6-5-7-12-18/h5-13,15-16H,3-4,14H2,1-2H3,(H,22,23)/b21-15+. The summed E-state index contributed by atoms with van der Waals surface area (Å²) in [6.07, 6.45) is 3.01. The molecule has 0 saturated heterocycles. The summed E-state index contributed by atoms with van der Waals surface area (Å²) in [5.74, 6) is 1.08. The molecule has 0 aromatic heterocycles. The van der Waals surface area contributed by atoms with Crippen LogP contribution < -0.4 is 14.9 Å². The van der Waals surface area contributed by atoms with E-state index < -0.39 is 6.10 Å². The number of carbonyl (C=O) groups is 1. The number of ether oxygens (including phenoxy) is 2. The lowest BCUT2D eigenvalue weighted by molar-refractivity contribution is -0.127. The summed E-state index contributed by atoms with van der Waals surface area (Å²) in [4.78, 5) is 12.1. The van der Waals surface area contributed by atoms with Crippen LogP contribution in [-0.4, -0.2) is 24.8 Å². The Morgan fingerprint density at radius 1 is 1.16 bits per heavy atom. The average molecular weight is 340 g/mol. The van der Waals surface area contributed by atoms with Crippen molar-refractivity contribution >= 4 is 12.1 Å². The van der Waals surface area contributed by atoms with E-state index in [1.54, 1.807) is 25.3 Å². The lowest BCUT2D eigenvalue weighted by atomic mass is 10.2. The number of para-hydroxylation sites is 2. The smallest absolute Gasteiger partial charge is 0.280 e. The lowest BCUT2D eigenvalue weighted by Crippen LogP contribution is -2.33. The number of amides is 1. The predicted octanol–water partition coefficient (Wildman–Crippen LogP) is 3.78. The van der Waals surface area contributed by atoms with Crippen molar-refractivity contribution in [2.75, 3.05) is 6.61 Å². The minimum Gasteiger partial charge on any atom is -0.493 e. The monoisotopic (exact) mass is 340 g/mol. The maximum atomic E-state index is 12.1. The topological polar surface area (TPSA) is 59.9 Å². The number of carbonyl (C=O) groups excluding carboxylic acids is 1. The van der Waals surface area contributed by atoms with Gasteiger partial charge in [-0.2, -0.15) is 5.10 Å². The van der Waals surface area contributed by atoms with E-state index in [1.807, 2.05) is 42.5 Å². The second-order valence-corrected chi connectivity index (χ2v) is 5.55. The Morgan fingerprint density at radius 3 is 2.64 bits per heavy atom. The van der Waals surface area contributed by atoms with Crippen molar-refractivity contribution < 1.29 is 14.3 Å². The van der Waals surface area contributed by atoms with Crippen LogP contribution in [0.5, 0.6) is 11.5 Å². The summed E-state index contributed by atoms with van der Waals surface area (Å²) < 4.78 is 11.3. The highest BCUT2D eigenvalue weighted by Gasteiger charge is 2.13. The van der Waals surface area contributed by atoms with E-state index in [-0.39, 0.29) is 5.91 Å². The van der Waals surface area contributed by atoms with Gasteiger partial charge in [-0.3, -0.25) is 4.79 Å². The van der Waals surface area contributed by atoms with Gasteiger partial charge in [-0.1, -0.05) is 43.7 Å². The molecule has 25 heavy (non-hydrogen) atoms. The largest absolute Gasteiger partial charge is 0.493 e. The zero-order valence-electron chi connectivity index (χ0n) is 14.6. The van der Waals surface area contributed by atoms with Gasteiger partial charge in [0.1, 0.15) is 11.5 Å². The zero-order chi connectivity index (χ0) is 17.9. The average Bonchev–Trinajstić information content (AvgIpc) is 2.64. The first-order chi connectivity index (χ1) is 12.2. The number of rotatable bonds is 9. The molecule has 2 aromatic carbocycles. The Morgan fingerprint density at radius 2 is 1.88 bits per heavy atom. The molecule has 5 nitrogen and oxygen atoms in total. The van der Waals surface area contributed by atoms with E-state index in [4.69, 9.17) is 9.47 Å². The molecule has 0 fully saturated rings. The van der Waals surface area contributed by atoms with Gasteiger partial charge < -0.3 is 9.47 Å². The molecule has 2 rings (SSSR count). The summed E-state index contributed by atoms with van der Waals surface area (Å²) in [6.45, 7) is 4.46. The third-order valence-electron chi connectivity index (χ3n) is 3.48. The molecule has 0 aliphatic heterocycles. The maximum absolute atomic E-state index is 12.1. The Bertz CT molecular complexity index is 686. The van der Waals surface area contributed by atoms with E-state index in [2.05, 4.69) is 17.5 Å². The molecule has 0 aliphatic rings. The van der Waals surface area contributed by atoms with Gasteiger partial charge in [0.15, 0.2) is 6.10 Å². The Hall–Kier alpha value is -2.82. The van der Waals surface area contributed by atoms with Crippen molar-refractivity contribution in [3.63, 3.8) is 0 Å². The van der Waals surface area contributed by atoms with Crippen LogP contribution in [-0.2, 0) is 4.79 Å². The van der Waals surface area contributed by atoms with Crippen LogP contribution in [0.1, 0.15) is 32.3 Å². The first-order valence-electron chi connectivity index (χ1n) is 8.47. The van der Waals surface area contributed by atoms with Gasteiger partial charge in [0.2, 0.25) is 0 Å². The maximum Gasteiger partial charge on any atom is 0.280 e. The molecule has 1 N–H and O–H groups in total. The van der Waals surface area contributed by atoms with Crippen LogP contribution in [0.25, 0.3) is 0 Å². The summed E-state index contributed by atoms with van der Waals surface area (Å²) in [5.41, 5.74) is 3.31. The van der Waals surface area contributed by atoms with Crippen LogP contribution in [0.2, 0.25) is 0 Å². The fourth-order valence-corrected chi connectivity index (χ4v) is 2.06. The van der Waals surface area contributed by atoms with Crippen LogP contribution in [0, 0.1) is 0 Å². The molecular weight excluding hydrogens is 316 g/mol. The van der Waals surface area contributed by atoms with Crippen LogP contribution in [0.15, 0.2) is 59.7 Å². The molecule has 1 atom stereocenters. The summed E-state index contributed by atoms with van der Waals surface area (Å²) in [7, 11) is 0. The van der Waals surface area contributed by atoms with Crippen molar-refractivity contribution in [2.24, 2.45) is 5.10 Å². The minimum atomic E-state index is -0.643. The SMILES string of the molecule is CCCCOc1ccccc1/C=N/NC(=O)C(C)Oc1ccccc1. The van der Waals surface area contributed by atoms with E-state index in [1.165, 1.54) is 0 Å². The van der Waals surface area contributed by atoms with E-state index in [0.29, 0.717) is 12.4 Å². The van der Waals surface area contributed by atoms with E-state index in [0.717, 1.165) is 24.2 Å². The first kappa shape index (κ1) is 18.5. The molecule has 1 amide bonds. The molecule has 0 aliphatic carbocycles. The van der Waals surface area contributed by atoms with Crippen LogP contribution >= 0.6 is 0 Å². The van der Waals surface area contributed by atoms with Gasteiger partial charge in [-0.05, 0) is 37.6 Å². The van der Waals surface area contributed by atoms with Gasteiger partial charge in [-0.15, -0.1) is 0 Å². The zero-order valence-corrected chi connectivity index (χ0v) is 14.6. The van der Waals surface area contributed by atoms with E-state index in [9.17, 15) is 4.79 Å². The molecule has 2 aromatic rings. The quantitative estimate of drug-likeness (QED) is 0.429. The molecule has 0 radical (unpaired) electrons. The molecule has 0 bridgehead atoms. The van der Waals surface area contributed by atoms with Crippen molar-refractivity contribution in [2.45, 2.75) is 32.8 Å². The number of hydrogen-bond acceptors (Lipinski definition) is 4. The molecule has 0 saturated carbocycles. The second-order valence-electron chi connectivity index (χ2n) is 5.55. The summed E-state index contributed by atoms with van der Waals surface area (Å²) in [6, 6.07) is 16.8. The molecule has 132 valence electrons. The Kier molecular flexibility index (Phi) is 7.50. The normalized spacial score (nSPS) is 11.9. The second kappa shape index (κ2) is 10.1. The first-order valence-corrected chi connectivity index (χ1v) is 8.47. The van der Waals surface area contributed by atoms with Crippen molar-refractivity contribution in [1.82, 2.24) is 5.43 Å². The third kappa shape index (κ3) is 6.30. The number of nitrogens with zero attached hydrogens (tertiary/aromatic N) is 1. The van der Waals surface area contributed by atoms with Gasteiger partial charge in [0.25, 0.3) is 5.91 Å². The predicted molar refractivity (Wildman–Crippen MR) is 99.1 cm³/mol. The molecule has 5 heteroatoms.